The molecule has 124 valence electrons. The Morgan fingerprint density at radius 1 is 1.29 bits per heavy atom. The summed E-state index contributed by atoms with van der Waals surface area (Å²) in [7, 11) is 0. The van der Waals surface area contributed by atoms with Crippen LogP contribution < -0.4 is 0 Å². The predicted molar refractivity (Wildman–Crippen MR) is 90.1 cm³/mol. The molecule has 0 aliphatic carbocycles. The number of hydrogen-bond acceptors (Lipinski definition) is 2. The first-order valence-corrected chi connectivity index (χ1v) is 7.76. The molecule has 0 heterocycles. The Balaban J connectivity index is 0. The van der Waals surface area contributed by atoms with Crippen LogP contribution in [0.1, 0.15) is 59.8 Å². The highest BCUT2D eigenvalue weighted by Gasteiger charge is 2.36. The zero-order valence-electron chi connectivity index (χ0n) is 14.3. The Morgan fingerprint density at radius 3 is 2.10 bits per heavy atom. The van der Waals surface area contributed by atoms with Crippen LogP contribution in [-0.2, 0) is 4.74 Å². The maximum absolute atomic E-state index is 11.1. The summed E-state index contributed by atoms with van der Waals surface area (Å²) in [6.07, 6.45) is 5.86. The molecule has 0 radical (unpaired) electrons. The Morgan fingerprint density at radius 2 is 1.81 bits per heavy atom. The van der Waals surface area contributed by atoms with Crippen LogP contribution in [0.15, 0.2) is 37.2 Å². The van der Waals surface area contributed by atoms with Crippen molar-refractivity contribution in [3.8, 4) is 0 Å². The smallest absolute Gasteiger partial charge is 0.115 e. The van der Waals surface area contributed by atoms with Crippen molar-refractivity contribution in [1.82, 2.24) is 0 Å². The van der Waals surface area contributed by atoms with Crippen molar-refractivity contribution in [2.45, 2.75) is 71.5 Å². The second kappa shape index (κ2) is 12.8. The van der Waals surface area contributed by atoms with Crippen LogP contribution in [0.25, 0.3) is 0 Å². The van der Waals surface area contributed by atoms with Crippen molar-refractivity contribution in [2.75, 3.05) is 6.61 Å². The molecule has 0 aliphatic heterocycles. The van der Waals surface area contributed by atoms with Gasteiger partial charge in [-0.3, -0.25) is 0 Å². The number of aliphatic hydroxyl groups is 1. The summed E-state index contributed by atoms with van der Waals surface area (Å²) in [6, 6.07) is 0. The van der Waals surface area contributed by atoms with E-state index >= 15 is 0 Å². The van der Waals surface area contributed by atoms with E-state index in [4.69, 9.17) is 4.74 Å². The highest BCUT2D eigenvalue weighted by molar-refractivity contribution is 5.13. The number of allylic oxidation sites excluding steroid dienone is 2. The minimum absolute atomic E-state index is 0.119. The molecule has 0 aromatic heterocycles. The molecule has 1 N–H and O–H groups in total. The standard InChI is InChI=1S/C14H28O2.C4H5F/c1-6-9-10-11-14(15,12(4)5)13(7-2)16-8-3;1-3-4(2)5/h13,15H,4,6-11H2,1-3,5H3;3H,1-2H2. The van der Waals surface area contributed by atoms with Gasteiger partial charge in [0.05, 0.1) is 6.10 Å². The number of halogens is 1. The molecule has 0 saturated carbocycles. The van der Waals surface area contributed by atoms with Gasteiger partial charge in [0.2, 0.25) is 0 Å². The average Bonchev–Trinajstić information content (AvgIpc) is 2.45. The third kappa shape index (κ3) is 9.59. The lowest BCUT2D eigenvalue weighted by Crippen LogP contribution is -2.44. The van der Waals surface area contributed by atoms with Crippen LogP contribution in [0, 0.1) is 0 Å². The molecule has 2 atom stereocenters. The van der Waals surface area contributed by atoms with Gasteiger partial charge >= 0.3 is 0 Å². The minimum Gasteiger partial charge on any atom is -0.383 e. The lowest BCUT2D eigenvalue weighted by atomic mass is 9.83. The molecule has 21 heavy (non-hydrogen) atoms. The van der Waals surface area contributed by atoms with E-state index in [0.29, 0.717) is 6.61 Å². The van der Waals surface area contributed by atoms with Gasteiger partial charge in [0.25, 0.3) is 0 Å². The SMILES string of the molecule is C=C(C)C(O)(CCCCC)C(CC)OCC.C=CC(=C)F. The van der Waals surface area contributed by atoms with Gasteiger partial charge in [0.15, 0.2) is 0 Å². The fourth-order valence-electron chi connectivity index (χ4n) is 2.09. The Bertz CT molecular complexity index is 312. The Kier molecular flexibility index (Phi) is 13.6. The molecule has 0 aromatic carbocycles. The first-order valence-electron chi connectivity index (χ1n) is 7.76. The molecule has 0 aliphatic rings. The molecule has 0 amide bonds. The Hall–Kier alpha value is -0.930. The van der Waals surface area contributed by atoms with Gasteiger partial charge in [-0.2, -0.15) is 0 Å². The lowest BCUT2D eigenvalue weighted by Gasteiger charge is -2.36. The normalized spacial score (nSPS) is 14.4. The van der Waals surface area contributed by atoms with Crippen LogP contribution in [0.3, 0.4) is 0 Å². The van der Waals surface area contributed by atoms with Crippen molar-refractivity contribution in [3.05, 3.63) is 37.2 Å². The van der Waals surface area contributed by atoms with Crippen molar-refractivity contribution >= 4 is 0 Å². The summed E-state index contributed by atoms with van der Waals surface area (Å²) in [6.45, 7) is 18.6. The number of rotatable bonds is 10. The maximum Gasteiger partial charge on any atom is 0.115 e. The third-order valence-electron chi connectivity index (χ3n) is 3.39. The van der Waals surface area contributed by atoms with Crippen molar-refractivity contribution < 1.29 is 14.2 Å². The van der Waals surface area contributed by atoms with Gasteiger partial charge in [-0.25, -0.2) is 4.39 Å². The van der Waals surface area contributed by atoms with Gasteiger partial charge in [-0.05, 0) is 38.3 Å². The van der Waals surface area contributed by atoms with E-state index in [-0.39, 0.29) is 6.10 Å². The summed E-state index contributed by atoms with van der Waals surface area (Å²) < 4.78 is 16.8. The second-order valence-corrected chi connectivity index (χ2v) is 5.16. The highest BCUT2D eigenvalue weighted by atomic mass is 19.1. The van der Waals surface area contributed by atoms with Gasteiger partial charge in [-0.15, -0.1) is 0 Å². The zero-order chi connectivity index (χ0) is 16.9. The zero-order valence-corrected chi connectivity index (χ0v) is 14.3. The van der Waals surface area contributed by atoms with Gasteiger partial charge in [0, 0.05) is 6.61 Å². The first kappa shape index (κ1) is 22.4. The van der Waals surface area contributed by atoms with E-state index < -0.39 is 11.4 Å². The van der Waals surface area contributed by atoms with Gasteiger partial charge in [-0.1, -0.05) is 52.8 Å². The van der Waals surface area contributed by atoms with E-state index in [2.05, 4.69) is 26.7 Å². The molecule has 2 nitrogen and oxygen atoms in total. The van der Waals surface area contributed by atoms with E-state index in [0.717, 1.165) is 43.8 Å². The molecule has 0 bridgehead atoms. The number of ether oxygens (including phenoxy) is 1. The molecular formula is C18H33FO2. The molecule has 0 rings (SSSR count). The lowest BCUT2D eigenvalue weighted by molar-refractivity contribution is -0.0904. The van der Waals surface area contributed by atoms with Crippen molar-refractivity contribution in [2.24, 2.45) is 0 Å². The molecular weight excluding hydrogens is 267 g/mol. The molecule has 2 unspecified atom stereocenters. The van der Waals surface area contributed by atoms with Crippen molar-refractivity contribution in [3.63, 3.8) is 0 Å². The van der Waals surface area contributed by atoms with Crippen LogP contribution in [0.2, 0.25) is 0 Å². The van der Waals surface area contributed by atoms with Crippen LogP contribution in [0.4, 0.5) is 4.39 Å². The monoisotopic (exact) mass is 300 g/mol. The van der Waals surface area contributed by atoms with Crippen LogP contribution in [0.5, 0.6) is 0 Å². The van der Waals surface area contributed by atoms with E-state index in [1.165, 1.54) is 0 Å². The average molecular weight is 300 g/mol. The fraction of sp³-hybridized carbons (Fsp3) is 0.667. The molecule has 0 saturated heterocycles. The molecule has 0 fully saturated rings. The van der Waals surface area contributed by atoms with Gasteiger partial charge in [0.1, 0.15) is 11.4 Å². The summed E-state index contributed by atoms with van der Waals surface area (Å²) in [5.41, 5.74) is -0.0242. The molecule has 0 spiro atoms. The fourth-order valence-corrected chi connectivity index (χ4v) is 2.09. The highest BCUT2D eigenvalue weighted by Crippen LogP contribution is 2.30. The maximum atomic E-state index is 11.1. The first-order chi connectivity index (χ1) is 9.79. The van der Waals surface area contributed by atoms with Crippen LogP contribution in [-0.4, -0.2) is 23.4 Å². The third-order valence-corrected chi connectivity index (χ3v) is 3.39. The Labute approximate surface area is 130 Å². The largest absolute Gasteiger partial charge is 0.383 e. The summed E-state index contributed by atoms with van der Waals surface area (Å²) >= 11 is 0. The van der Waals surface area contributed by atoms with Gasteiger partial charge < -0.3 is 9.84 Å². The summed E-state index contributed by atoms with van der Waals surface area (Å²) in [5, 5.41) is 10.7. The number of hydrogen-bond donors (Lipinski definition) is 1. The predicted octanol–water partition coefficient (Wildman–Crippen LogP) is 5.34. The van der Waals surface area contributed by atoms with E-state index in [1.54, 1.807) is 0 Å². The summed E-state index contributed by atoms with van der Waals surface area (Å²) in [4.78, 5) is 0. The minimum atomic E-state index is -0.847. The van der Waals surface area contributed by atoms with Crippen molar-refractivity contribution in [1.29, 1.82) is 0 Å². The van der Waals surface area contributed by atoms with E-state index in [1.807, 2.05) is 20.8 Å². The van der Waals surface area contributed by atoms with E-state index in [9.17, 15) is 9.50 Å². The number of unbranched alkanes of at least 4 members (excludes halogenated alkanes) is 2. The van der Waals surface area contributed by atoms with Crippen LogP contribution >= 0.6 is 0 Å². The molecule has 0 aromatic rings. The second-order valence-electron chi connectivity index (χ2n) is 5.16. The summed E-state index contributed by atoms with van der Waals surface area (Å²) in [5.74, 6) is -0.481. The topological polar surface area (TPSA) is 29.5 Å². The quantitative estimate of drug-likeness (QED) is 0.335. The molecule has 3 heteroatoms.